The molecule has 0 aliphatic carbocycles. The number of ether oxygens (including phenoxy) is 2. The van der Waals surface area contributed by atoms with Crippen molar-refractivity contribution in [3.63, 3.8) is 0 Å². The van der Waals surface area contributed by atoms with E-state index in [1.54, 1.807) is 6.20 Å². The van der Waals surface area contributed by atoms with E-state index in [0.717, 1.165) is 12.3 Å². The Bertz CT molecular complexity index is 420. The third kappa shape index (κ3) is 3.48. The zero-order chi connectivity index (χ0) is 13.2. The number of carbonyl (C=O) groups excluding carboxylic acids is 1. The first kappa shape index (κ1) is 12.9. The van der Waals surface area contributed by atoms with Crippen LogP contribution in [0.15, 0.2) is 12.3 Å². The topological polar surface area (TPSA) is 53.4 Å². The fourth-order valence-corrected chi connectivity index (χ4v) is 2.03. The van der Waals surface area contributed by atoms with Crippen LogP contribution in [0.1, 0.15) is 33.6 Å². The van der Waals surface area contributed by atoms with E-state index in [2.05, 4.69) is 5.10 Å². The molecule has 0 bridgehead atoms. The molecule has 100 valence electrons. The maximum absolute atomic E-state index is 11.8. The summed E-state index contributed by atoms with van der Waals surface area (Å²) >= 11 is 0. The average Bonchev–Trinajstić information content (AvgIpc) is 2.55. The van der Waals surface area contributed by atoms with Crippen LogP contribution in [0.3, 0.4) is 0 Å². The van der Waals surface area contributed by atoms with E-state index < -0.39 is 5.60 Å². The van der Waals surface area contributed by atoms with Crippen LogP contribution in [0.25, 0.3) is 0 Å². The maximum atomic E-state index is 11.8. The van der Waals surface area contributed by atoms with Crippen molar-refractivity contribution in [2.24, 2.45) is 5.92 Å². The number of nitrogens with zero attached hydrogens (tertiary/aromatic N) is 2. The predicted molar refractivity (Wildman–Crippen MR) is 66.3 cm³/mol. The minimum atomic E-state index is -0.421. The van der Waals surface area contributed by atoms with E-state index in [1.165, 1.54) is 0 Å². The fourth-order valence-electron chi connectivity index (χ4n) is 2.03. The molecule has 0 amide bonds. The van der Waals surface area contributed by atoms with E-state index in [0.29, 0.717) is 19.6 Å². The molecule has 0 saturated carbocycles. The van der Waals surface area contributed by atoms with Crippen LogP contribution in [0, 0.1) is 5.92 Å². The molecule has 5 heteroatoms. The second-order valence-corrected chi connectivity index (χ2v) is 5.65. The summed E-state index contributed by atoms with van der Waals surface area (Å²) in [6.07, 6.45) is 2.98. The van der Waals surface area contributed by atoms with Gasteiger partial charge in [0.2, 0.25) is 5.88 Å². The quantitative estimate of drug-likeness (QED) is 0.756. The lowest BCUT2D eigenvalue weighted by atomic mass is 10.0. The van der Waals surface area contributed by atoms with E-state index >= 15 is 0 Å². The van der Waals surface area contributed by atoms with E-state index in [1.807, 2.05) is 31.5 Å². The smallest absolute Gasteiger partial charge is 0.306 e. The van der Waals surface area contributed by atoms with Crippen molar-refractivity contribution in [3.05, 3.63) is 12.3 Å². The van der Waals surface area contributed by atoms with Crippen LogP contribution < -0.4 is 4.74 Å². The molecule has 1 aliphatic rings. The molecule has 1 aromatic rings. The lowest BCUT2D eigenvalue weighted by Crippen LogP contribution is -2.26. The first-order chi connectivity index (χ1) is 8.44. The van der Waals surface area contributed by atoms with Crippen LogP contribution in [0.2, 0.25) is 0 Å². The van der Waals surface area contributed by atoms with E-state index in [4.69, 9.17) is 9.47 Å². The van der Waals surface area contributed by atoms with Gasteiger partial charge in [-0.15, -0.1) is 0 Å². The number of hydrogen-bond donors (Lipinski definition) is 0. The van der Waals surface area contributed by atoms with Gasteiger partial charge in [0.15, 0.2) is 0 Å². The van der Waals surface area contributed by atoms with Crippen LogP contribution in [-0.2, 0) is 16.1 Å². The van der Waals surface area contributed by atoms with Crippen molar-refractivity contribution in [1.82, 2.24) is 9.78 Å². The van der Waals surface area contributed by atoms with Gasteiger partial charge in [-0.25, -0.2) is 4.68 Å². The molecule has 0 fully saturated rings. The highest BCUT2D eigenvalue weighted by Crippen LogP contribution is 2.22. The van der Waals surface area contributed by atoms with Crippen LogP contribution in [0.5, 0.6) is 5.88 Å². The van der Waals surface area contributed by atoms with Crippen molar-refractivity contribution in [2.75, 3.05) is 6.61 Å². The summed E-state index contributed by atoms with van der Waals surface area (Å²) in [5, 5.41) is 4.19. The second kappa shape index (κ2) is 5.00. The Morgan fingerprint density at radius 3 is 3.11 bits per heavy atom. The molecule has 0 radical (unpaired) electrons. The number of hydrogen-bond acceptors (Lipinski definition) is 4. The molecule has 1 unspecified atom stereocenters. The number of aromatic nitrogens is 2. The zero-order valence-corrected chi connectivity index (χ0v) is 11.2. The monoisotopic (exact) mass is 252 g/mol. The van der Waals surface area contributed by atoms with Gasteiger partial charge in [0.1, 0.15) is 5.60 Å². The summed E-state index contributed by atoms with van der Waals surface area (Å²) in [6.45, 7) is 6.98. The van der Waals surface area contributed by atoms with E-state index in [9.17, 15) is 4.79 Å². The molecule has 2 rings (SSSR count). The molecule has 1 aliphatic heterocycles. The first-order valence-corrected chi connectivity index (χ1v) is 6.30. The minimum Gasteiger partial charge on any atom is -0.478 e. The SMILES string of the molecule is CC(C)(C)OC(=O)CC1CCOc2ccnn2C1. The summed E-state index contributed by atoms with van der Waals surface area (Å²) in [4.78, 5) is 11.8. The largest absolute Gasteiger partial charge is 0.478 e. The molecule has 2 heterocycles. The van der Waals surface area contributed by atoms with Crippen molar-refractivity contribution >= 4 is 5.97 Å². The average molecular weight is 252 g/mol. The number of carbonyl (C=O) groups is 1. The summed E-state index contributed by atoms with van der Waals surface area (Å²) < 4.78 is 12.7. The van der Waals surface area contributed by atoms with Gasteiger partial charge in [-0.2, -0.15) is 5.10 Å². The van der Waals surface area contributed by atoms with Crippen molar-refractivity contribution in [1.29, 1.82) is 0 Å². The summed E-state index contributed by atoms with van der Waals surface area (Å²) in [6, 6.07) is 1.84. The Balaban J connectivity index is 1.93. The highest BCUT2D eigenvalue weighted by atomic mass is 16.6. The van der Waals surface area contributed by atoms with Crippen molar-refractivity contribution in [2.45, 2.75) is 45.8 Å². The summed E-state index contributed by atoms with van der Waals surface area (Å²) in [7, 11) is 0. The highest BCUT2D eigenvalue weighted by Gasteiger charge is 2.23. The normalized spacial score (nSPS) is 19.6. The molecule has 1 aromatic heterocycles. The zero-order valence-electron chi connectivity index (χ0n) is 11.2. The third-order valence-electron chi connectivity index (χ3n) is 2.76. The highest BCUT2D eigenvalue weighted by molar-refractivity contribution is 5.70. The third-order valence-corrected chi connectivity index (χ3v) is 2.76. The molecule has 0 N–H and O–H groups in total. The Morgan fingerprint density at radius 2 is 2.39 bits per heavy atom. The van der Waals surface area contributed by atoms with Gasteiger partial charge in [-0.05, 0) is 33.1 Å². The molecule has 5 nitrogen and oxygen atoms in total. The van der Waals surface area contributed by atoms with Crippen LogP contribution in [0.4, 0.5) is 0 Å². The molecule has 18 heavy (non-hydrogen) atoms. The van der Waals surface area contributed by atoms with Gasteiger partial charge in [0, 0.05) is 12.6 Å². The van der Waals surface area contributed by atoms with Gasteiger partial charge in [0.05, 0.1) is 19.2 Å². The Kier molecular flexibility index (Phi) is 3.59. The number of rotatable bonds is 2. The molecule has 0 saturated heterocycles. The Morgan fingerprint density at radius 1 is 1.61 bits per heavy atom. The van der Waals surface area contributed by atoms with Gasteiger partial charge in [-0.1, -0.05) is 0 Å². The van der Waals surface area contributed by atoms with E-state index in [-0.39, 0.29) is 11.9 Å². The number of esters is 1. The Hall–Kier alpha value is -1.52. The lowest BCUT2D eigenvalue weighted by Gasteiger charge is -2.21. The Labute approximate surface area is 107 Å². The summed E-state index contributed by atoms with van der Waals surface area (Å²) in [5.41, 5.74) is -0.421. The predicted octanol–water partition coefficient (Wildman–Crippen LogP) is 2.01. The first-order valence-electron chi connectivity index (χ1n) is 6.30. The van der Waals surface area contributed by atoms with Gasteiger partial charge >= 0.3 is 5.97 Å². The molecule has 0 spiro atoms. The summed E-state index contributed by atoms with van der Waals surface area (Å²) in [5.74, 6) is 0.853. The van der Waals surface area contributed by atoms with Crippen molar-refractivity contribution < 1.29 is 14.3 Å². The minimum absolute atomic E-state index is 0.150. The number of fused-ring (bicyclic) bond motifs is 1. The lowest BCUT2D eigenvalue weighted by molar-refractivity contribution is -0.156. The second-order valence-electron chi connectivity index (χ2n) is 5.65. The molecule has 0 aromatic carbocycles. The molecular formula is C13H20N2O3. The van der Waals surface area contributed by atoms with Gasteiger partial charge < -0.3 is 9.47 Å². The van der Waals surface area contributed by atoms with Gasteiger partial charge in [0.25, 0.3) is 0 Å². The van der Waals surface area contributed by atoms with Gasteiger partial charge in [-0.3, -0.25) is 4.79 Å². The molecular weight excluding hydrogens is 232 g/mol. The maximum Gasteiger partial charge on any atom is 0.306 e. The fraction of sp³-hybridized carbons (Fsp3) is 0.692. The standard InChI is InChI=1S/C13H20N2O3/c1-13(2,3)18-12(16)8-10-5-7-17-11-4-6-14-15(11)9-10/h4,6,10H,5,7-9H2,1-3H3. The van der Waals surface area contributed by atoms with Crippen molar-refractivity contribution in [3.8, 4) is 5.88 Å². The van der Waals surface area contributed by atoms with Crippen LogP contribution >= 0.6 is 0 Å². The molecule has 1 atom stereocenters. The van der Waals surface area contributed by atoms with Crippen LogP contribution in [-0.4, -0.2) is 28.0 Å².